The molecule has 166 valence electrons. The first-order chi connectivity index (χ1) is 14.7. The quantitative estimate of drug-likeness (QED) is 0.633. The van der Waals surface area contributed by atoms with Crippen molar-refractivity contribution < 1.29 is 23.9 Å². The molecule has 2 aromatic carbocycles. The van der Waals surface area contributed by atoms with Gasteiger partial charge in [-0.2, -0.15) is 0 Å². The molecular formula is C24H30N2O5. The Bertz CT molecular complexity index is 863. The number of esters is 1. The summed E-state index contributed by atoms with van der Waals surface area (Å²) < 4.78 is 10.2. The van der Waals surface area contributed by atoms with Gasteiger partial charge in [0, 0.05) is 12.8 Å². The standard InChI is InChI=1S/C24H30N2O5/c1-24(2,3)31-23(29)26-19(15-17-11-7-5-8-12-17)21(27)25-20(22(28)30-4)16-18-13-9-6-10-14-18/h5-14,19-20H,15-16H2,1-4H3,(H,25,27)(H,26,29). The van der Waals surface area contributed by atoms with Crippen molar-refractivity contribution in [1.82, 2.24) is 10.6 Å². The maximum atomic E-state index is 13.1. The Morgan fingerprint density at radius 3 is 1.74 bits per heavy atom. The number of rotatable bonds is 8. The van der Waals surface area contributed by atoms with E-state index >= 15 is 0 Å². The molecule has 2 aromatic rings. The zero-order valence-electron chi connectivity index (χ0n) is 18.4. The lowest BCUT2D eigenvalue weighted by Gasteiger charge is -2.25. The second-order valence-corrected chi connectivity index (χ2v) is 8.16. The number of hydrogen-bond acceptors (Lipinski definition) is 5. The average molecular weight is 427 g/mol. The lowest BCUT2D eigenvalue weighted by atomic mass is 10.0. The van der Waals surface area contributed by atoms with E-state index < -0.39 is 35.7 Å². The lowest BCUT2D eigenvalue weighted by molar-refractivity contribution is -0.145. The van der Waals surface area contributed by atoms with Gasteiger partial charge in [0.15, 0.2) is 0 Å². The predicted octanol–water partition coefficient (Wildman–Crippen LogP) is 3.02. The van der Waals surface area contributed by atoms with Crippen LogP contribution in [0.1, 0.15) is 31.9 Å². The Morgan fingerprint density at radius 1 is 0.806 bits per heavy atom. The summed E-state index contributed by atoms with van der Waals surface area (Å²) in [4.78, 5) is 37.7. The van der Waals surface area contributed by atoms with E-state index in [9.17, 15) is 14.4 Å². The van der Waals surface area contributed by atoms with Crippen LogP contribution in [0.4, 0.5) is 4.79 Å². The Labute approximate surface area is 183 Å². The van der Waals surface area contributed by atoms with Crippen molar-refractivity contribution in [3.63, 3.8) is 0 Å². The van der Waals surface area contributed by atoms with Gasteiger partial charge in [-0.05, 0) is 31.9 Å². The van der Waals surface area contributed by atoms with Gasteiger partial charge in [0.2, 0.25) is 5.91 Å². The minimum Gasteiger partial charge on any atom is -0.467 e. The third kappa shape index (κ3) is 8.50. The van der Waals surface area contributed by atoms with E-state index in [4.69, 9.17) is 9.47 Å². The van der Waals surface area contributed by atoms with Crippen LogP contribution in [-0.4, -0.2) is 42.8 Å². The first-order valence-electron chi connectivity index (χ1n) is 10.1. The van der Waals surface area contributed by atoms with Gasteiger partial charge in [-0.15, -0.1) is 0 Å². The van der Waals surface area contributed by atoms with E-state index in [1.165, 1.54) is 7.11 Å². The van der Waals surface area contributed by atoms with Crippen LogP contribution in [0.15, 0.2) is 60.7 Å². The fourth-order valence-electron chi connectivity index (χ4n) is 2.97. The number of ether oxygens (including phenoxy) is 2. The molecule has 0 saturated carbocycles. The molecular weight excluding hydrogens is 396 g/mol. The Morgan fingerprint density at radius 2 is 1.29 bits per heavy atom. The SMILES string of the molecule is COC(=O)C(Cc1ccccc1)NC(=O)C(Cc1ccccc1)NC(=O)OC(C)(C)C. The van der Waals surface area contributed by atoms with Gasteiger partial charge in [0.1, 0.15) is 17.7 Å². The summed E-state index contributed by atoms with van der Waals surface area (Å²) in [7, 11) is 1.27. The Hall–Kier alpha value is -3.35. The van der Waals surface area contributed by atoms with E-state index in [2.05, 4.69) is 10.6 Å². The van der Waals surface area contributed by atoms with Gasteiger partial charge in [-0.3, -0.25) is 4.79 Å². The Kier molecular flexibility index (Phi) is 8.61. The van der Waals surface area contributed by atoms with Crippen LogP contribution < -0.4 is 10.6 Å². The number of carbonyl (C=O) groups excluding carboxylic acids is 3. The first-order valence-corrected chi connectivity index (χ1v) is 10.1. The topological polar surface area (TPSA) is 93.7 Å². The average Bonchev–Trinajstić information content (AvgIpc) is 2.72. The minimum absolute atomic E-state index is 0.241. The Balaban J connectivity index is 2.17. The molecule has 0 fully saturated rings. The number of benzene rings is 2. The molecule has 0 aliphatic rings. The highest BCUT2D eigenvalue weighted by Gasteiger charge is 2.29. The summed E-state index contributed by atoms with van der Waals surface area (Å²) in [6.07, 6.45) is -0.198. The summed E-state index contributed by atoms with van der Waals surface area (Å²) in [5, 5.41) is 5.34. The number of hydrogen-bond donors (Lipinski definition) is 2. The van der Waals surface area contributed by atoms with E-state index in [0.29, 0.717) is 0 Å². The van der Waals surface area contributed by atoms with Crippen molar-refractivity contribution in [3.8, 4) is 0 Å². The van der Waals surface area contributed by atoms with Crippen molar-refractivity contribution in [1.29, 1.82) is 0 Å². The number of carbonyl (C=O) groups is 3. The molecule has 2 atom stereocenters. The highest BCUT2D eigenvalue weighted by molar-refractivity contribution is 5.90. The molecule has 0 radical (unpaired) electrons. The number of alkyl carbamates (subject to hydrolysis) is 1. The fraction of sp³-hybridized carbons (Fsp3) is 0.375. The molecule has 2 unspecified atom stereocenters. The molecule has 7 nitrogen and oxygen atoms in total. The van der Waals surface area contributed by atoms with Gasteiger partial charge < -0.3 is 20.1 Å². The molecule has 2 rings (SSSR count). The monoisotopic (exact) mass is 426 g/mol. The molecule has 0 aliphatic heterocycles. The molecule has 2 N–H and O–H groups in total. The molecule has 0 aliphatic carbocycles. The molecule has 31 heavy (non-hydrogen) atoms. The second-order valence-electron chi connectivity index (χ2n) is 8.16. The van der Waals surface area contributed by atoms with Gasteiger partial charge in [0.05, 0.1) is 7.11 Å². The van der Waals surface area contributed by atoms with Crippen molar-refractivity contribution >= 4 is 18.0 Å². The molecule has 0 heterocycles. The molecule has 0 aromatic heterocycles. The number of methoxy groups -OCH3 is 1. The normalized spacial score (nSPS) is 12.9. The minimum atomic E-state index is -0.930. The van der Waals surface area contributed by atoms with Crippen LogP contribution in [-0.2, 0) is 31.9 Å². The fourth-order valence-corrected chi connectivity index (χ4v) is 2.97. The predicted molar refractivity (Wildman–Crippen MR) is 117 cm³/mol. The van der Waals surface area contributed by atoms with Crippen LogP contribution in [0.5, 0.6) is 0 Å². The smallest absolute Gasteiger partial charge is 0.408 e. The van der Waals surface area contributed by atoms with Crippen LogP contribution in [0.25, 0.3) is 0 Å². The maximum Gasteiger partial charge on any atom is 0.408 e. The zero-order valence-corrected chi connectivity index (χ0v) is 18.4. The van der Waals surface area contributed by atoms with Gasteiger partial charge in [-0.1, -0.05) is 60.7 Å². The molecule has 2 amide bonds. The number of nitrogens with one attached hydrogen (secondary N) is 2. The first kappa shape index (κ1) is 23.9. The molecule has 0 spiro atoms. The van der Waals surface area contributed by atoms with Crippen LogP contribution >= 0.6 is 0 Å². The zero-order chi connectivity index (χ0) is 22.9. The van der Waals surface area contributed by atoms with Gasteiger partial charge in [-0.25, -0.2) is 9.59 Å². The maximum absolute atomic E-state index is 13.1. The molecule has 0 bridgehead atoms. The second kappa shape index (κ2) is 11.2. The molecule has 7 heteroatoms. The van der Waals surface area contributed by atoms with E-state index in [-0.39, 0.29) is 12.8 Å². The van der Waals surface area contributed by atoms with Crippen LogP contribution in [0.3, 0.4) is 0 Å². The summed E-state index contributed by atoms with van der Waals surface area (Å²) in [5.41, 5.74) is 1.02. The largest absolute Gasteiger partial charge is 0.467 e. The summed E-state index contributed by atoms with van der Waals surface area (Å²) in [5.74, 6) is -1.06. The van der Waals surface area contributed by atoms with E-state index in [0.717, 1.165) is 11.1 Å². The molecule has 0 saturated heterocycles. The van der Waals surface area contributed by atoms with Crippen molar-refractivity contribution in [2.45, 2.75) is 51.3 Å². The van der Waals surface area contributed by atoms with Gasteiger partial charge in [0.25, 0.3) is 0 Å². The summed E-state index contributed by atoms with van der Waals surface area (Å²) in [6.45, 7) is 5.23. The van der Waals surface area contributed by atoms with Crippen molar-refractivity contribution in [2.24, 2.45) is 0 Å². The number of amides is 2. The summed E-state index contributed by atoms with van der Waals surface area (Å²) in [6, 6.07) is 16.8. The third-order valence-corrected chi connectivity index (χ3v) is 4.37. The van der Waals surface area contributed by atoms with E-state index in [1.807, 2.05) is 60.7 Å². The third-order valence-electron chi connectivity index (χ3n) is 4.37. The van der Waals surface area contributed by atoms with Crippen molar-refractivity contribution in [2.75, 3.05) is 7.11 Å². The lowest BCUT2D eigenvalue weighted by Crippen LogP contribution is -2.53. The van der Waals surface area contributed by atoms with Crippen LogP contribution in [0, 0.1) is 0 Å². The van der Waals surface area contributed by atoms with Gasteiger partial charge >= 0.3 is 12.1 Å². The van der Waals surface area contributed by atoms with E-state index in [1.54, 1.807) is 20.8 Å². The van der Waals surface area contributed by atoms with Crippen molar-refractivity contribution in [3.05, 3.63) is 71.8 Å². The highest BCUT2D eigenvalue weighted by atomic mass is 16.6. The highest BCUT2D eigenvalue weighted by Crippen LogP contribution is 2.10. The summed E-state index contributed by atoms with van der Waals surface area (Å²) >= 11 is 0. The van der Waals surface area contributed by atoms with Crippen LogP contribution in [0.2, 0.25) is 0 Å².